The molecule has 14 heavy (non-hydrogen) atoms. The van der Waals surface area contributed by atoms with Crippen LogP contribution in [0, 0.1) is 15.9 Å². The minimum atomic E-state index is 0.109. The van der Waals surface area contributed by atoms with Crippen LogP contribution in [0.2, 0.25) is 0 Å². The van der Waals surface area contributed by atoms with Gasteiger partial charge in [-0.3, -0.25) is 0 Å². The summed E-state index contributed by atoms with van der Waals surface area (Å²) >= 11 is 2.34. The van der Waals surface area contributed by atoms with E-state index in [0.717, 1.165) is 0 Å². The largest absolute Gasteiger partial charge is 0.324 e. The van der Waals surface area contributed by atoms with Gasteiger partial charge in [0.15, 0.2) is 0 Å². The molecule has 0 fully saturated rings. The molecule has 0 heterocycles. The molecule has 0 spiro atoms. The summed E-state index contributed by atoms with van der Waals surface area (Å²) in [5, 5.41) is 0. The van der Waals surface area contributed by atoms with Crippen LogP contribution in [0.15, 0.2) is 18.2 Å². The van der Waals surface area contributed by atoms with Gasteiger partial charge in [0, 0.05) is 9.61 Å². The standard InChI is InChI=1S/C12H18IN/c1-8-7-9(5-6-10(8)13)11(14)12(2,3)4/h5-7,11H,14H2,1-4H3. The third-order valence-corrected chi connectivity index (χ3v) is 3.68. The lowest BCUT2D eigenvalue weighted by Crippen LogP contribution is -2.26. The summed E-state index contributed by atoms with van der Waals surface area (Å²) in [6, 6.07) is 6.57. The van der Waals surface area contributed by atoms with Crippen molar-refractivity contribution in [3.8, 4) is 0 Å². The first kappa shape index (κ1) is 12.0. The van der Waals surface area contributed by atoms with Gasteiger partial charge in [-0.1, -0.05) is 32.9 Å². The number of aryl methyl sites for hydroxylation is 1. The van der Waals surface area contributed by atoms with Crippen molar-refractivity contribution in [2.24, 2.45) is 11.1 Å². The van der Waals surface area contributed by atoms with Gasteiger partial charge in [-0.05, 0) is 52.1 Å². The summed E-state index contributed by atoms with van der Waals surface area (Å²) in [6.45, 7) is 8.64. The molecule has 0 bridgehead atoms. The SMILES string of the molecule is Cc1cc(C(N)C(C)(C)C)ccc1I. The molecule has 0 amide bonds. The number of nitrogens with two attached hydrogens (primary N) is 1. The Morgan fingerprint density at radius 3 is 2.29 bits per heavy atom. The van der Waals surface area contributed by atoms with Crippen molar-refractivity contribution in [2.45, 2.75) is 33.7 Å². The third-order valence-electron chi connectivity index (χ3n) is 2.47. The minimum absolute atomic E-state index is 0.109. The van der Waals surface area contributed by atoms with E-state index in [4.69, 9.17) is 5.73 Å². The molecule has 1 nitrogen and oxygen atoms in total. The summed E-state index contributed by atoms with van der Waals surface area (Å²) in [5.74, 6) is 0. The average Bonchev–Trinajstić information content (AvgIpc) is 2.07. The predicted octanol–water partition coefficient (Wildman–Crippen LogP) is 3.65. The van der Waals surface area contributed by atoms with Gasteiger partial charge in [0.25, 0.3) is 0 Å². The van der Waals surface area contributed by atoms with Gasteiger partial charge in [-0.25, -0.2) is 0 Å². The molecule has 0 saturated heterocycles. The van der Waals surface area contributed by atoms with E-state index in [1.807, 2.05) is 0 Å². The van der Waals surface area contributed by atoms with Crippen LogP contribution in [0.1, 0.15) is 37.9 Å². The monoisotopic (exact) mass is 303 g/mol. The van der Waals surface area contributed by atoms with E-state index in [1.165, 1.54) is 14.7 Å². The molecule has 0 aliphatic heterocycles. The lowest BCUT2D eigenvalue weighted by molar-refractivity contribution is 0.327. The number of hydrogen-bond acceptors (Lipinski definition) is 1. The quantitative estimate of drug-likeness (QED) is 0.788. The molecule has 0 aliphatic carbocycles. The summed E-state index contributed by atoms with van der Waals surface area (Å²) in [5.41, 5.74) is 8.85. The smallest absolute Gasteiger partial charge is 0.0344 e. The zero-order valence-corrected chi connectivity index (χ0v) is 11.4. The second-order valence-electron chi connectivity index (χ2n) is 4.85. The van der Waals surface area contributed by atoms with Gasteiger partial charge < -0.3 is 5.73 Å². The van der Waals surface area contributed by atoms with E-state index in [-0.39, 0.29) is 11.5 Å². The van der Waals surface area contributed by atoms with Gasteiger partial charge in [0.2, 0.25) is 0 Å². The lowest BCUT2D eigenvalue weighted by atomic mass is 9.83. The van der Waals surface area contributed by atoms with E-state index in [9.17, 15) is 0 Å². The fourth-order valence-corrected chi connectivity index (χ4v) is 1.70. The first-order valence-corrected chi connectivity index (χ1v) is 5.92. The van der Waals surface area contributed by atoms with Crippen LogP contribution in [0.3, 0.4) is 0 Å². The van der Waals surface area contributed by atoms with Gasteiger partial charge in [0.1, 0.15) is 0 Å². The zero-order chi connectivity index (χ0) is 10.9. The fourth-order valence-electron chi connectivity index (χ4n) is 1.36. The Balaban J connectivity index is 3.03. The summed E-state index contributed by atoms with van der Waals surface area (Å²) < 4.78 is 1.30. The molecule has 1 rings (SSSR count). The Morgan fingerprint density at radius 2 is 1.86 bits per heavy atom. The highest BCUT2D eigenvalue weighted by molar-refractivity contribution is 14.1. The van der Waals surface area contributed by atoms with Crippen molar-refractivity contribution in [1.82, 2.24) is 0 Å². The lowest BCUT2D eigenvalue weighted by Gasteiger charge is -2.27. The number of hydrogen-bond donors (Lipinski definition) is 1. The number of benzene rings is 1. The molecule has 0 aromatic heterocycles. The van der Waals surface area contributed by atoms with Crippen molar-refractivity contribution < 1.29 is 0 Å². The molecule has 0 aliphatic rings. The van der Waals surface area contributed by atoms with E-state index in [2.05, 4.69) is 68.5 Å². The highest BCUT2D eigenvalue weighted by Gasteiger charge is 2.22. The number of halogens is 1. The van der Waals surface area contributed by atoms with Crippen LogP contribution >= 0.6 is 22.6 Å². The Morgan fingerprint density at radius 1 is 1.29 bits per heavy atom. The van der Waals surface area contributed by atoms with Crippen molar-refractivity contribution in [3.05, 3.63) is 32.9 Å². The molecule has 2 heteroatoms. The summed E-state index contributed by atoms with van der Waals surface area (Å²) in [6.07, 6.45) is 0. The molecule has 1 unspecified atom stereocenters. The van der Waals surface area contributed by atoms with Gasteiger partial charge >= 0.3 is 0 Å². The maximum atomic E-state index is 6.19. The van der Waals surface area contributed by atoms with Gasteiger partial charge in [-0.2, -0.15) is 0 Å². The third kappa shape index (κ3) is 2.70. The van der Waals surface area contributed by atoms with Crippen molar-refractivity contribution in [2.75, 3.05) is 0 Å². The summed E-state index contributed by atoms with van der Waals surface area (Å²) in [7, 11) is 0. The topological polar surface area (TPSA) is 26.0 Å². The Hall–Kier alpha value is -0.0900. The van der Waals surface area contributed by atoms with Crippen LogP contribution in [-0.2, 0) is 0 Å². The number of rotatable bonds is 1. The second kappa shape index (κ2) is 4.19. The van der Waals surface area contributed by atoms with E-state index < -0.39 is 0 Å². The Bertz CT molecular complexity index is 326. The molecule has 1 aromatic carbocycles. The Kier molecular flexibility index (Phi) is 3.58. The minimum Gasteiger partial charge on any atom is -0.324 e. The maximum Gasteiger partial charge on any atom is 0.0344 e. The normalized spacial score (nSPS) is 14.1. The molecule has 1 atom stereocenters. The Labute approximate surface area is 100 Å². The molecule has 0 saturated carbocycles. The summed E-state index contributed by atoms with van der Waals surface area (Å²) in [4.78, 5) is 0. The highest BCUT2D eigenvalue weighted by Crippen LogP contribution is 2.31. The maximum absolute atomic E-state index is 6.19. The first-order valence-electron chi connectivity index (χ1n) is 4.84. The first-order chi connectivity index (χ1) is 6.32. The predicted molar refractivity (Wildman–Crippen MR) is 70.3 cm³/mol. The van der Waals surface area contributed by atoms with Crippen molar-refractivity contribution >= 4 is 22.6 Å². The van der Waals surface area contributed by atoms with E-state index in [0.29, 0.717) is 0 Å². The van der Waals surface area contributed by atoms with Crippen LogP contribution < -0.4 is 5.73 Å². The van der Waals surface area contributed by atoms with Crippen molar-refractivity contribution in [1.29, 1.82) is 0 Å². The van der Waals surface area contributed by atoms with Gasteiger partial charge in [-0.15, -0.1) is 0 Å². The molecule has 78 valence electrons. The molecular weight excluding hydrogens is 285 g/mol. The molecular formula is C12H18IN. The highest BCUT2D eigenvalue weighted by atomic mass is 127. The van der Waals surface area contributed by atoms with Crippen molar-refractivity contribution in [3.63, 3.8) is 0 Å². The fraction of sp³-hybridized carbons (Fsp3) is 0.500. The molecule has 1 aromatic rings. The zero-order valence-electron chi connectivity index (χ0n) is 9.26. The van der Waals surface area contributed by atoms with Crippen LogP contribution in [0.25, 0.3) is 0 Å². The van der Waals surface area contributed by atoms with Crippen LogP contribution in [0.4, 0.5) is 0 Å². The van der Waals surface area contributed by atoms with E-state index >= 15 is 0 Å². The van der Waals surface area contributed by atoms with Gasteiger partial charge in [0.05, 0.1) is 0 Å². The average molecular weight is 303 g/mol. The van der Waals surface area contributed by atoms with Crippen LogP contribution in [0.5, 0.6) is 0 Å². The molecule has 2 N–H and O–H groups in total. The van der Waals surface area contributed by atoms with Crippen LogP contribution in [-0.4, -0.2) is 0 Å². The molecule has 0 radical (unpaired) electrons. The second-order valence-corrected chi connectivity index (χ2v) is 6.01. The van der Waals surface area contributed by atoms with E-state index in [1.54, 1.807) is 0 Å².